The van der Waals surface area contributed by atoms with Gasteiger partial charge in [-0.3, -0.25) is 0 Å². The first kappa shape index (κ1) is 19.3. The van der Waals surface area contributed by atoms with Crippen LogP contribution >= 0.6 is 0 Å². The lowest BCUT2D eigenvalue weighted by Crippen LogP contribution is -2.28. The van der Waals surface area contributed by atoms with Crippen LogP contribution < -0.4 is 0 Å². The molecule has 0 heterocycles. The van der Waals surface area contributed by atoms with Gasteiger partial charge in [0.25, 0.3) is 0 Å². The first-order valence-corrected chi connectivity index (χ1v) is 8.58. The van der Waals surface area contributed by atoms with Crippen LogP contribution in [0.1, 0.15) is 105 Å². The van der Waals surface area contributed by atoms with E-state index in [0.29, 0.717) is 0 Å². The third kappa shape index (κ3) is 4.15. The van der Waals surface area contributed by atoms with Crippen LogP contribution in [0.15, 0.2) is 6.07 Å². The van der Waals surface area contributed by atoms with E-state index in [4.69, 9.17) is 0 Å². The van der Waals surface area contributed by atoms with E-state index in [-0.39, 0.29) is 21.7 Å². The van der Waals surface area contributed by atoms with Crippen molar-refractivity contribution in [2.45, 2.75) is 105 Å². The normalized spacial score (nSPS) is 14.4. The zero-order valence-electron chi connectivity index (χ0n) is 17.1. The molecule has 0 aliphatic carbocycles. The maximum atomic E-state index is 3.87. The molecule has 0 aromatic heterocycles. The molecule has 1 aromatic rings. The van der Waals surface area contributed by atoms with E-state index in [0.717, 1.165) is 0 Å². The van der Waals surface area contributed by atoms with E-state index in [9.17, 15) is 0 Å². The van der Waals surface area contributed by atoms with Gasteiger partial charge in [-0.1, -0.05) is 89.2 Å². The summed E-state index contributed by atoms with van der Waals surface area (Å²) in [6, 6.07) is 6.34. The molecule has 0 atom stereocenters. The van der Waals surface area contributed by atoms with E-state index in [1.54, 1.807) is 0 Å². The molecule has 0 saturated heterocycles. The van der Waals surface area contributed by atoms with Crippen LogP contribution in [0.4, 0.5) is 0 Å². The topological polar surface area (TPSA) is 0 Å². The summed E-state index contributed by atoms with van der Waals surface area (Å²) in [6.07, 6.45) is 0. The summed E-state index contributed by atoms with van der Waals surface area (Å²) in [6.45, 7) is 27.7. The molecule has 0 fully saturated rings. The Morgan fingerprint density at radius 2 is 0.773 bits per heavy atom. The Kier molecular flexibility index (Phi) is 4.72. The van der Waals surface area contributed by atoms with Crippen molar-refractivity contribution >= 4 is 0 Å². The predicted octanol–water partition coefficient (Wildman–Crippen LogP) is 6.68. The van der Waals surface area contributed by atoms with Crippen molar-refractivity contribution in [3.05, 3.63) is 34.4 Å². The molecular weight excluding hydrogens is 264 g/mol. The zero-order valence-corrected chi connectivity index (χ0v) is 17.1. The lowest BCUT2D eigenvalue weighted by Gasteiger charge is -2.37. The van der Waals surface area contributed by atoms with Gasteiger partial charge in [0.15, 0.2) is 0 Å². The monoisotopic (exact) mass is 301 g/mol. The minimum absolute atomic E-state index is 0.110. The summed E-state index contributed by atoms with van der Waals surface area (Å²) in [7, 11) is 0. The van der Waals surface area contributed by atoms with Crippen molar-refractivity contribution in [3.63, 3.8) is 0 Å². The molecule has 0 aliphatic heterocycles. The molecule has 0 N–H and O–H groups in total. The molecule has 1 aromatic carbocycles. The average molecular weight is 302 g/mol. The van der Waals surface area contributed by atoms with Crippen molar-refractivity contribution in [2.24, 2.45) is 0 Å². The predicted molar refractivity (Wildman–Crippen MR) is 100 cm³/mol. The fraction of sp³-hybridized carbons (Fsp3) is 0.727. The largest absolute Gasteiger partial charge is 0.0561 e. The minimum atomic E-state index is 0.110. The van der Waals surface area contributed by atoms with E-state index in [1.807, 2.05) is 0 Å². The van der Waals surface area contributed by atoms with Crippen molar-refractivity contribution in [2.75, 3.05) is 0 Å². The standard InChI is InChI=1S/C22H37/c1-19(2,3)15-13-17(21(7,8)9)18(22(10,11)12)14-16(15)20(4,5)6/h13H,1-12H3. The SMILES string of the molecule is CC(C)(C)c1[c]c(C(C)(C)C)c(C(C)(C)C)cc1C(C)(C)C. The molecule has 0 nitrogen and oxygen atoms in total. The lowest BCUT2D eigenvalue weighted by molar-refractivity contribution is 0.499. The van der Waals surface area contributed by atoms with Gasteiger partial charge in [0.05, 0.1) is 0 Å². The van der Waals surface area contributed by atoms with Gasteiger partial charge in [-0.25, -0.2) is 0 Å². The Bertz CT molecular complexity index is 433. The highest BCUT2D eigenvalue weighted by Crippen LogP contribution is 2.41. The van der Waals surface area contributed by atoms with Crippen LogP contribution in [0, 0.1) is 6.07 Å². The Labute approximate surface area is 139 Å². The minimum Gasteiger partial charge on any atom is -0.0561 e. The highest BCUT2D eigenvalue weighted by atomic mass is 14.4. The second-order valence-electron chi connectivity index (χ2n) is 10.8. The van der Waals surface area contributed by atoms with E-state index < -0.39 is 0 Å². The van der Waals surface area contributed by atoms with Crippen LogP contribution in [-0.4, -0.2) is 0 Å². The van der Waals surface area contributed by atoms with Crippen LogP contribution in [0.25, 0.3) is 0 Å². The van der Waals surface area contributed by atoms with E-state index in [2.05, 4.69) is 95.2 Å². The van der Waals surface area contributed by atoms with Crippen molar-refractivity contribution < 1.29 is 0 Å². The maximum absolute atomic E-state index is 3.87. The van der Waals surface area contributed by atoms with Gasteiger partial charge < -0.3 is 0 Å². The Morgan fingerprint density at radius 3 is 0.955 bits per heavy atom. The Morgan fingerprint density at radius 1 is 0.500 bits per heavy atom. The fourth-order valence-corrected chi connectivity index (χ4v) is 2.91. The number of hydrogen-bond acceptors (Lipinski definition) is 0. The van der Waals surface area contributed by atoms with Gasteiger partial charge in [-0.15, -0.1) is 0 Å². The van der Waals surface area contributed by atoms with Gasteiger partial charge in [-0.2, -0.15) is 0 Å². The highest BCUT2D eigenvalue weighted by molar-refractivity contribution is 5.48. The van der Waals surface area contributed by atoms with E-state index in [1.165, 1.54) is 22.3 Å². The van der Waals surface area contributed by atoms with Gasteiger partial charge in [0.2, 0.25) is 0 Å². The lowest BCUT2D eigenvalue weighted by atomic mass is 9.68. The van der Waals surface area contributed by atoms with Gasteiger partial charge in [-0.05, 0) is 50.0 Å². The number of rotatable bonds is 0. The zero-order chi connectivity index (χ0) is 17.7. The number of hydrogen-bond donors (Lipinski definition) is 0. The molecule has 0 heteroatoms. The fourth-order valence-electron chi connectivity index (χ4n) is 2.91. The van der Waals surface area contributed by atoms with Crippen molar-refractivity contribution in [1.82, 2.24) is 0 Å². The Hall–Kier alpha value is -0.780. The summed E-state index contributed by atoms with van der Waals surface area (Å²) in [4.78, 5) is 0. The van der Waals surface area contributed by atoms with Crippen LogP contribution in [-0.2, 0) is 21.7 Å². The molecule has 0 saturated carbocycles. The van der Waals surface area contributed by atoms with E-state index >= 15 is 0 Å². The van der Waals surface area contributed by atoms with Crippen molar-refractivity contribution in [3.8, 4) is 0 Å². The Balaban J connectivity index is 3.90. The molecule has 1 rings (SSSR count). The molecule has 0 unspecified atom stereocenters. The molecule has 1 radical (unpaired) electrons. The molecule has 125 valence electrons. The van der Waals surface area contributed by atoms with Crippen LogP contribution in [0.5, 0.6) is 0 Å². The average Bonchev–Trinajstić information content (AvgIpc) is 2.22. The van der Waals surface area contributed by atoms with Crippen LogP contribution in [0.3, 0.4) is 0 Å². The first-order valence-electron chi connectivity index (χ1n) is 8.58. The summed E-state index contributed by atoms with van der Waals surface area (Å²) in [5, 5.41) is 0. The number of benzene rings is 1. The third-order valence-electron chi connectivity index (χ3n) is 4.19. The summed E-state index contributed by atoms with van der Waals surface area (Å²) < 4.78 is 0. The molecule has 0 bridgehead atoms. The van der Waals surface area contributed by atoms with Crippen molar-refractivity contribution in [1.29, 1.82) is 0 Å². The van der Waals surface area contributed by atoms with Crippen LogP contribution in [0.2, 0.25) is 0 Å². The second kappa shape index (κ2) is 5.39. The highest BCUT2D eigenvalue weighted by Gasteiger charge is 2.32. The van der Waals surface area contributed by atoms with Gasteiger partial charge in [0, 0.05) is 0 Å². The third-order valence-corrected chi connectivity index (χ3v) is 4.19. The van der Waals surface area contributed by atoms with Gasteiger partial charge >= 0.3 is 0 Å². The summed E-state index contributed by atoms with van der Waals surface area (Å²) in [5.41, 5.74) is 6.12. The first-order chi connectivity index (χ1) is 9.45. The smallest absolute Gasteiger partial charge is 0.00970 e. The maximum Gasteiger partial charge on any atom is -0.00970 e. The molecule has 0 spiro atoms. The summed E-state index contributed by atoms with van der Waals surface area (Å²) >= 11 is 0. The molecular formula is C22H37. The van der Waals surface area contributed by atoms with Gasteiger partial charge in [0.1, 0.15) is 0 Å². The molecule has 0 amide bonds. The second-order valence-corrected chi connectivity index (χ2v) is 10.8. The molecule has 22 heavy (non-hydrogen) atoms. The summed E-state index contributed by atoms with van der Waals surface area (Å²) in [5.74, 6) is 0. The molecule has 0 aliphatic rings. The quantitative estimate of drug-likeness (QED) is 0.501.